The van der Waals surface area contributed by atoms with Crippen molar-refractivity contribution in [2.24, 2.45) is 0 Å². The molecular formula is C16H14N4OS. The molecule has 0 saturated carbocycles. The minimum atomic E-state index is -0.242. The summed E-state index contributed by atoms with van der Waals surface area (Å²) in [5.74, 6) is -0.242. The van der Waals surface area contributed by atoms with E-state index in [9.17, 15) is 4.79 Å². The van der Waals surface area contributed by atoms with Gasteiger partial charge in [-0.15, -0.1) is 0 Å². The highest BCUT2D eigenvalue weighted by Crippen LogP contribution is 2.21. The first-order chi connectivity index (χ1) is 10.7. The van der Waals surface area contributed by atoms with Crippen LogP contribution in [-0.2, 0) is 6.54 Å². The van der Waals surface area contributed by atoms with E-state index in [-0.39, 0.29) is 5.91 Å². The average Bonchev–Trinajstić information content (AvgIpc) is 3.08. The highest BCUT2D eigenvalue weighted by atomic mass is 32.1. The summed E-state index contributed by atoms with van der Waals surface area (Å²) in [4.78, 5) is 24.4. The number of hydrogen-bond acceptors (Lipinski definition) is 5. The van der Waals surface area contributed by atoms with Gasteiger partial charge < -0.3 is 5.32 Å². The van der Waals surface area contributed by atoms with E-state index in [1.54, 1.807) is 23.7 Å². The minimum absolute atomic E-state index is 0.242. The van der Waals surface area contributed by atoms with Crippen molar-refractivity contribution in [3.05, 3.63) is 64.6 Å². The molecule has 1 N–H and O–H groups in total. The minimum Gasteiger partial charge on any atom is -0.347 e. The van der Waals surface area contributed by atoms with Crippen molar-refractivity contribution in [3.8, 4) is 11.1 Å². The molecule has 3 heterocycles. The molecule has 0 radical (unpaired) electrons. The van der Waals surface area contributed by atoms with Gasteiger partial charge in [-0.1, -0.05) is 0 Å². The topological polar surface area (TPSA) is 67.8 Å². The molecule has 3 rings (SSSR count). The van der Waals surface area contributed by atoms with E-state index in [1.165, 1.54) is 6.20 Å². The molecule has 5 nitrogen and oxygen atoms in total. The zero-order chi connectivity index (χ0) is 15.4. The van der Waals surface area contributed by atoms with E-state index >= 15 is 0 Å². The Hall–Kier alpha value is -2.60. The number of carbonyl (C=O) groups is 1. The van der Waals surface area contributed by atoms with Crippen molar-refractivity contribution < 1.29 is 4.79 Å². The van der Waals surface area contributed by atoms with Crippen molar-refractivity contribution in [1.29, 1.82) is 0 Å². The maximum Gasteiger partial charge on any atom is 0.271 e. The van der Waals surface area contributed by atoms with Gasteiger partial charge in [-0.3, -0.25) is 14.8 Å². The van der Waals surface area contributed by atoms with Crippen LogP contribution in [0.1, 0.15) is 21.7 Å². The summed E-state index contributed by atoms with van der Waals surface area (Å²) < 4.78 is 0. The molecule has 6 heteroatoms. The van der Waals surface area contributed by atoms with Crippen LogP contribution in [0.25, 0.3) is 11.1 Å². The first-order valence-corrected chi connectivity index (χ1v) is 7.70. The Morgan fingerprint density at radius 3 is 2.82 bits per heavy atom. The third kappa shape index (κ3) is 3.35. The van der Waals surface area contributed by atoms with Gasteiger partial charge in [0, 0.05) is 30.7 Å². The second kappa shape index (κ2) is 6.44. The highest BCUT2D eigenvalue weighted by molar-refractivity contribution is 7.08. The standard InChI is InChI=1S/C16H14N4OS/c1-11-5-19-15(9-18-11)16(21)20-7-12-4-14(8-17-6-12)13-2-3-22-10-13/h2-6,8-10H,7H2,1H3,(H,20,21). The summed E-state index contributed by atoms with van der Waals surface area (Å²) in [6.45, 7) is 2.23. The summed E-state index contributed by atoms with van der Waals surface area (Å²) in [6, 6.07) is 4.07. The van der Waals surface area contributed by atoms with Crippen LogP contribution in [0, 0.1) is 6.92 Å². The Morgan fingerprint density at radius 2 is 2.09 bits per heavy atom. The fraction of sp³-hybridized carbons (Fsp3) is 0.125. The zero-order valence-electron chi connectivity index (χ0n) is 12.0. The molecule has 0 aliphatic carbocycles. The van der Waals surface area contributed by atoms with Crippen LogP contribution in [0.5, 0.6) is 0 Å². The number of aromatic nitrogens is 3. The van der Waals surface area contributed by atoms with Gasteiger partial charge in [-0.05, 0) is 40.9 Å². The van der Waals surface area contributed by atoms with Crippen LogP contribution in [0.3, 0.4) is 0 Å². The molecule has 0 saturated heterocycles. The Balaban J connectivity index is 1.67. The van der Waals surface area contributed by atoms with Gasteiger partial charge in [0.15, 0.2) is 0 Å². The summed E-state index contributed by atoms with van der Waals surface area (Å²) in [5.41, 5.74) is 4.21. The lowest BCUT2D eigenvalue weighted by atomic mass is 10.1. The number of hydrogen-bond donors (Lipinski definition) is 1. The lowest BCUT2D eigenvalue weighted by Gasteiger charge is -2.06. The zero-order valence-corrected chi connectivity index (χ0v) is 12.8. The highest BCUT2D eigenvalue weighted by Gasteiger charge is 2.08. The normalized spacial score (nSPS) is 10.4. The summed E-state index contributed by atoms with van der Waals surface area (Å²) in [5, 5.41) is 6.93. The van der Waals surface area contributed by atoms with Gasteiger partial charge in [-0.2, -0.15) is 11.3 Å². The fourth-order valence-electron chi connectivity index (χ4n) is 1.95. The van der Waals surface area contributed by atoms with E-state index in [2.05, 4.69) is 25.6 Å². The van der Waals surface area contributed by atoms with Crippen LogP contribution < -0.4 is 5.32 Å². The number of pyridine rings is 1. The van der Waals surface area contributed by atoms with Crippen molar-refractivity contribution >= 4 is 17.2 Å². The second-order valence-electron chi connectivity index (χ2n) is 4.82. The van der Waals surface area contributed by atoms with E-state index in [0.717, 1.165) is 22.4 Å². The van der Waals surface area contributed by atoms with E-state index in [1.807, 2.05) is 30.6 Å². The average molecular weight is 310 g/mol. The number of nitrogens with zero attached hydrogens (tertiary/aromatic N) is 3. The molecule has 3 aromatic rings. The molecule has 0 spiro atoms. The molecule has 0 atom stereocenters. The van der Waals surface area contributed by atoms with Crippen LogP contribution in [0.15, 0.2) is 47.7 Å². The van der Waals surface area contributed by atoms with Crippen molar-refractivity contribution in [1.82, 2.24) is 20.3 Å². The largest absolute Gasteiger partial charge is 0.347 e. The molecule has 110 valence electrons. The Bertz CT molecular complexity index is 769. The predicted octanol–water partition coefficient (Wildman–Crippen LogP) is 2.84. The van der Waals surface area contributed by atoms with Gasteiger partial charge in [0.1, 0.15) is 5.69 Å². The summed E-state index contributed by atoms with van der Waals surface area (Å²) in [7, 11) is 0. The number of carbonyl (C=O) groups excluding carboxylic acids is 1. The summed E-state index contributed by atoms with van der Waals surface area (Å²) >= 11 is 1.64. The Labute approximate surface area is 132 Å². The van der Waals surface area contributed by atoms with E-state index in [0.29, 0.717) is 12.2 Å². The second-order valence-corrected chi connectivity index (χ2v) is 5.60. The molecule has 3 aromatic heterocycles. The fourth-order valence-corrected chi connectivity index (χ4v) is 2.62. The molecule has 0 fully saturated rings. The third-order valence-corrected chi connectivity index (χ3v) is 3.80. The van der Waals surface area contributed by atoms with Crippen LogP contribution in [0.2, 0.25) is 0 Å². The molecular weight excluding hydrogens is 296 g/mol. The summed E-state index contributed by atoms with van der Waals surface area (Å²) in [6.07, 6.45) is 6.62. The van der Waals surface area contributed by atoms with Gasteiger partial charge in [0.25, 0.3) is 5.91 Å². The van der Waals surface area contributed by atoms with Gasteiger partial charge in [-0.25, -0.2) is 4.98 Å². The lowest BCUT2D eigenvalue weighted by Crippen LogP contribution is -2.24. The molecule has 0 bridgehead atoms. The smallest absolute Gasteiger partial charge is 0.271 e. The number of rotatable bonds is 4. The first-order valence-electron chi connectivity index (χ1n) is 6.76. The molecule has 0 aliphatic rings. The predicted molar refractivity (Wildman–Crippen MR) is 85.5 cm³/mol. The van der Waals surface area contributed by atoms with Crippen LogP contribution >= 0.6 is 11.3 Å². The molecule has 22 heavy (non-hydrogen) atoms. The number of nitrogens with one attached hydrogen (secondary N) is 1. The van der Waals surface area contributed by atoms with Crippen molar-refractivity contribution in [3.63, 3.8) is 0 Å². The third-order valence-electron chi connectivity index (χ3n) is 3.12. The van der Waals surface area contributed by atoms with Crippen LogP contribution in [-0.4, -0.2) is 20.9 Å². The number of amides is 1. The molecule has 1 amide bonds. The molecule has 0 aliphatic heterocycles. The van der Waals surface area contributed by atoms with Gasteiger partial charge >= 0.3 is 0 Å². The van der Waals surface area contributed by atoms with Crippen molar-refractivity contribution in [2.75, 3.05) is 0 Å². The van der Waals surface area contributed by atoms with E-state index in [4.69, 9.17) is 0 Å². The van der Waals surface area contributed by atoms with Gasteiger partial charge in [0.05, 0.1) is 11.9 Å². The lowest BCUT2D eigenvalue weighted by molar-refractivity contribution is 0.0945. The molecule has 0 aromatic carbocycles. The SMILES string of the molecule is Cc1cnc(C(=O)NCc2cncc(-c3ccsc3)c2)cn1. The number of aryl methyl sites for hydroxylation is 1. The monoisotopic (exact) mass is 310 g/mol. The van der Waals surface area contributed by atoms with E-state index < -0.39 is 0 Å². The van der Waals surface area contributed by atoms with Crippen molar-refractivity contribution in [2.45, 2.75) is 13.5 Å². The van der Waals surface area contributed by atoms with Crippen LogP contribution in [0.4, 0.5) is 0 Å². The maximum atomic E-state index is 12.0. The van der Waals surface area contributed by atoms with Gasteiger partial charge in [0.2, 0.25) is 0 Å². The number of thiophene rings is 1. The quantitative estimate of drug-likeness (QED) is 0.804. The Kier molecular flexibility index (Phi) is 4.20. The first kappa shape index (κ1) is 14.3. The molecule has 0 unspecified atom stereocenters. The maximum absolute atomic E-state index is 12.0. The Morgan fingerprint density at radius 1 is 1.18 bits per heavy atom.